The van der Waals surface area contributed by atoms with Crippen LogP contribution in [-0.4, -0.2) is 58.1 Å². The number of aromatic nitrogens is 1. The van der Waals surface area contributed by atoms with E-state index in [0.717, 1.165) is 10.7 Å². The van der Waals surface area contributed by atoms with Crippen LogP contribution in [0.3, 0.4) is 0 Å². The second-order valence-corrected chi connectivity index (χ2v) is 7.09. The van der Waals surface area contributed by atoms with E-state index in [-0.39, 0.29) is 11.7 Å². The molecule has 154 valence electrons. The van der Waals surface area contributed by atoms with Gasteiger partial charge in [-0.15, -0.1) is 0 Å². The third-order valence-electron chi connectivity index (χ3n) is 4.94. The Hall–Kier alpha value is -3.20. The van der Waals surface area contributed by atoms with Gasteiger partial charge in [0, 0.05) is 43.5 Å². The fourth-order valence-corrected chi connectivity index (χ4v) is 3.39. The van der Waals surface area contributed by atoms with Crippen LogP contribution < -0.4 is 10.4 Å². The molecule has 1 aromatic carbocycles. The van der Waals surface area contributed by atoms with Gasteiger partial charge >= 0.3 is 6.09 Å². The van der Waals surface area contributed by atoms with Crippen LogP contribution in [0, 0.1) is 12.7 Å². The highest BCUT2D eigenvalue weighted by Gasteiger charge is 2.27. The summed E-state index contributed by atoms with van der Waals surface area (Å²) in [6, 6.07) is 8.25. The smallest absolute Gasteiger partial charge is 0.407 e. The molecule has 3 rings (SSSR count). The lowest BCUT2D eigenvalue weighted by Gasteiger charge is -2.38. The first-order valence-electron chi connectivity index (χ1n) is 9.32. The van der Waals surface area contributed by atoms with Gasteiger partial charge in [0.25, 0.3) is 0 Å². The van der Waals surface area contributed by atoms with Crippen molar-refractivity contribution in [2.45, 2.75) is 26.4 Å². The Morgan fingerprint density at radius 1 is 1.38 bits per heavy atom. The van der Waals surface area contributed by atoms with Crippen molar-refractivity contribution in [2.24, 2.45) is 0 Å². The Morgan fingerprint density at radius 2 is 2.17 bits per heavy atom. The van der Waals surface area contributed by atoms with Crippen molar-refractivity contribution in [3.8, 4) is 0 Å². The van der Waals surface area contributed by atoms with Gasteiger partial charge in [-0.2, -0.15) is 0 Å². The van der Waals surface area contributed by atoms with Gasteiger partial charge < -0.3 is 10.0 Å². The SMILES string of the molecule is Cc1ccc(NN(C=O)c2cccc(CN3CCN(C(=O)O)[C@@H](C)C3)c2F)cn1. The van der Waals surface area contributed by atoms with E-state index < -0.39 is 11.9 Å². The summed E-state index contributed by atoms with van der Waals surface area (Å²) in [5.74, 6) is -0.500. The summed E-state index contributed by atoms with van der Waals surface area (Å²) >= 11 is 0. The van der Waals surface area contributed by atoms with Crippen molar-refractivity contribution < 1.29 is 19.1 Å². The summed E-state index contributed by atoms with van der Waals surface area (Å²) < 4.78 is 15.1. The summed E-state index contributed by atoms with van der Waals surface area (Å²) in [6.07, 6.45) is 1.13. The molecule has 0 radical (unpaired) electrons. The average Bonchev–Trinajstić information content (AvgIpc) is 2.69. The number of carboxylic acid groups (broad SMARTS) is 1. The molecule has 1 fully saturated rings. The van der Waals surface area contributed by atoms with Gasteiger partial charge in [0.2, 0.25) is 6.41 Å². The number of aryl methyl sites for hydroxylation is 1. The fourth-order valence-electron chi connectivity index (χ4n) is 3.39. The molecule has 2 aromatic rings. The summed E-state index contributed by atoms with van der Waals surface area (Å²) in [7, 11) is 0. The molecule has 1 aromatic heterocycles. The lowest BCUT2D eigenvalue weighted by Crippen LogP contribution is -2.53. The molecule has 2 N–H and O–H groups in total. The van der Waals surface area contributed by atoms with Crippen molar-refractivity contribution in [2.75, 3.05) is 30.1 Å². The van der Waals surface area contributed by atoms with Crippen LogP contribution in [0.4, 0.5) is 20.6 Å². The Bertz CT molecular complexity index is 877. The third kappa shape index (κ3) is 4.80. The fraction of sp³-hybridized carbons (Fsp3) is 0.350. The highest BCUT2D eigenvalue weighted by atomic mass is 19.1. The minimum atomic E-state index is -0.941. The number of benzene rings is 1. The van der Waals surface area contributed by atoms with Crippen LogP contribution >= 0.6 is 0 Å². The van der Waals surface area contributed by atoms with E-state index in [2.05, 4.69) is 10.4 Å². The van der Waals surface area contributed by atoms with Gasteiger partial charge in [0.15, 0.2) is 5.82 Å². The van der Waals surface area contributed by atoms with Crippen LogP contribution in [0.2, 0.25) is 0 Å². The van der Waals surface area contributed by atoms with Crippen molar-refractivity contribution in [3.05, 3.63) is 53.6 Å². The van der Waals surface area contributed by atoms with E-state index in [9.17, 15) is 14.7 Å². The molecule has 0 unspecified atom stereocenters. The second-order valence-electron chi connectivity index (χ2n) is 7.09. The maximum atomic E-state index is 15.1. The van der Waals surface area contributed by atoms with E-state index in [1.165, 1.54) is 11.0 Å². The summed E-state index contributed by atoms with van der Waals surface area (Å²) in [5.41, 5.74) is 4.79. The number of nitrogens with one attached hydrogen (secondary N) is 1. The normalized spacial score (nSPS) is 17.1. The number of rotatable bonds is 6. The van der Waals surface area contributed by atoms with Gasteiger partial charge in [-0.1, -0.05) is 12.1 Å². The Labute approximate surface area is 168 Å². The van der Waals surface area contributed by atoms with Crippen molar-refractivity contribution >= 4 is 23.9 Å². The molecule has 0 saturated carbocycles. The number of piperazine rings is 1. The van der Waals surface area contributed by atoms with Crippen LogP contribution in [-0.2, 0) is 11.3 Å². The lowest BCUT2D eigenvalue weighted by molar-refractivity contribution is -0.107. The topological polar surface area (TPSA) is 89.0 Å². The molecule has 1 aliphatic rings. The van der Waals surface area contributed by atoms with Crippen molar-refractivity contribution in [1.29, 1.82) is 0 Å². The van der Waals surface area contributed by atoms with Gasteiger partial charge in [-0.3, -0.25) is 20.1 Å². The van der Waals surface area contributed by atoms with Gasteiger partial charge in [0.1, 0.15) is 5.69 Å². The highest BCUT2D eigenvalue weighted by Crippen LogP contribution is 2.24. The zero-order valence-corrected chi connectivity index (χ0v) is 16.4. The molecule has 0 bridgehead atoms. The molecule has 2 heterocycles. The zero-order valence-electron chi connectivity index (χ0n) is 16.4. The number of anilines is 2. The average molecular weight is 401 g/mol. The van der Waals surface area contributed by atoms with E-state index in [1.807, 2.05) is 18.7 Å². The first kappa shape index (κ1) is 20.5. The number of hydrogen-bond donors (Lipinski definition) is 2. The summed E-state index contributed by atoms with van der Waals surface area (Å²) in [4.78, 5) is 30.3. The Kier molecular flexibility index (Phi) is 6.28. The standard InChI is InChI=1S/C20H24FN5O3/c1-14-6-7-17(10-22-14)23-26(13-27)18-5-3-4-16(19(18)21)12-24-8-9-25(20(28)29)15(2)11-24/h3-7,10,13,15,23H,8-9,11-12H2,1-2H3,(H,28,29)/t15-/m0/s1. The van der Waals surface area contributed by atoms with Crippen molar-refractivity contribution in [3.63, 3.8) is 0 Å². The number of nitrogens with zero attached hydrogens (tertiary/aromatic N) is 4. The minimum Gasteiger partial charge on any atom is -0.465 e. The summed E-state index contributed by atoms with van der Waals surface area (Å²) in [6.45, 7) is 5.42. The minimum absolute atomic E-state index is 0.107. The monoisotopic (exact) mass is 401 g/mol. The lowest BCUT2D eigenvalue weighted by atomic mass is 10.1. The molecule has 8 nitrogen and oxygen atoms in total. The molecule has 1 atom stereocenters. The predicted octanol–water partition coefficient (Wildman–Crippen LogP) is 2.70. The maximum Gasteiger partial charge on any atom is 0.407 e. The first-order chi connectivity index (χ1) is 13.9. The first-order valence-corrected chi connectivity index (χ1v) is 9.32. The second kappa shape index (κ2) is 8.87. The summed E-state index contributed by atoms with van der Waals surface area (Å²) in [5, 5.41) is 10.3. The number of carbonyl (C=O) groups excluding carboxylic acids is 1. The molecule has 1 saturated heterocycles. The van der Waals surface area contributed by atoms with E-state index >= 15 is 4.39 Å². The highest BCUT2D eigenvalue weighted by molar-refractivity contribution is 5.79. The van der Waals surface area contributed by atoms with Gasteiger partial charge in [-0.05, 0) is 32.0 Å². The molecule has 2 amide bonds. The van der Waals surface area contributed by atoms with Crippen LogP contribution in [0.1, 0.15) is 18.2 Å². The number of amides is 2. The quantitative estimate of drug-likeness (QED) is 0.572. The van der Waals surface area contributed by atoms with E-state index in [1.54, 1.807) is 30.5 Å². The molecular formula is C20H24FN5O3. The molecule has 0 aliphatic carbocycles. The zero-order chi connectivity index (χ0) is 21.0. The number of carbonyl (C=O) groups is 2. The van der Waals surface area contributed by atoms with Crippen LogP contribution in [0.15, 0.2) is 36.5 Å². The molecule has 9 heteroatoms. The maximum absolute atomic E-state index is 15.1. The van der Waals surface area contributed by atoms with Gasteiger partial charge in [-0.25, -0.2) is 14.2 Å². The van der Waals surface area contributed by atoms with Crippen molar-refractivity contribution in [1.82, 2.24) is 14.8 Å². The predicted molar refractivity (Wildman–Crippen MR) is 107 cm³/mol. The number of pyridine rings is 1. The van der Waals surface area contributed by atoms with E-state index in [4.69, 9.17) is 0 Å². The van der Waals surface area contributed by atoms with Crippen LogP contribution in [0.25, 0.3) is 0 Å². The third-order valence-corrected chi connectivity index (χ3v) is 4.94. The molecule has 0 spiro atoms. The Balaban J connectivity index is 1.74. The largest absolute Gasteiger partial charge is 0.465 e. The van der Waals surface area contributed by atoms with Crippen LogP contribution in [0.5, 0.6) is 0 Å². The number of halogens is 1. The molecular weight excluding hydrogens is 377 g/mol. The number of hydrogen-bond acceptors (Lipinski definition) is 5. The molecule has 1 aliphatic heterocycles. The Morgan fingerprint density at radius 3 is 2.79 bits per heavy atom. The molecule has 29 heavy (non-hydrogen) atoms. The number of hydrazine groups is 1. The van der Waals surface area contributed by atoms with Gasteiger partial charge in [0.05, 0.1) is 11.9 Å². The van der Waals surface area contributed by atoms with E-state index in [0.29, 0.717) is 43.8 Å².